The average molecular weight is 441 g/mol. The number of ether oxygens (including phenoxy) is 1. The van der Waals surface area contributed by atoms with E-state index in [-0.39, 0.29) is 12.1 Å². The number of carbonyl (C=O) groups is 1. The topological polar surface area (TPSA) is 46.5 Å². The minimum absolute atomic E-state index is 0.115. The number of aliphatic hydroxyl groups is 1. The van der Waals surface area contributed by atoms with E-state index < -0.39 is 0 Å². The number of allylic oxidation sites excluding steroid dienone is 3. The summed E-state index contributed by atoms with van der Waals surface area (Å²) in [4.78, 5) is 11.7. The molecule has 0 spiro atoms. The summed E-state index contributed by atoms with van der Waals surface area (Å²) in [5, 5.41) is 10.2. The van der Waals surface area contributed by atoms with E-state index in [9.17, 15) is 9.90 Å². The van der Waals surface area contributed by atoms with Gasteiger partial charge in [-0.25, -0.2) is 0 Å². The van der Waals surface area contributed by atoms with Crippen LogP contribution in [0.15, 0.2) is 36.0 Å². The smallest absolute Gasteiger partial charge is 0.306 e. The second-order valence-corrected chi connectivity index (χ2v) is 11.6. The van der Waals surface area contributed by atoms with Crippen LogP contribution in [0.5, 0.6) is 0 Å². The van der Waals surface area contributed by atoms with Crippen molar-refractivity contribution in [3.63, 3.8) is 0 Å². The molecule has 3 unspecified atom stereocenters. The molecule has 1 N–H and O–H groups in total. The molecule has 3 nitrogen and oxygen atoms in total. The van der Waals surface area contributed by atoms with Gasteiger partial charge in [0.05, 0.1) is 6.10 Å². The number of fused-ring (bicyclic) bond motifs is 5. The lowest BCUT2D eigenvalue weighted by atomic mass is 9.47. The van der Waals surface area contributed by atoms with Gasteiger partial charge in [-0.3, -0.25) is 4.79 Å². The van der Waals surface area contributed by atoms with Crippen molar-refractivity contribution in [2.75, 3.05) is 6.61 Å². The molecule has 0 saturated heterocycles. The van der Waals surface area contributed by atoms with Crippen LogP contribution in [-0.2, 0) is 9.53 Å². The molecule has 0 aromatic heterocycles. The van der Waals surface area contributed by atoms with Crippen LogP contribution in [0.25, 0.3) is 0 Å². The molecule has 4 aliphatic rings. The van der Waals surface area contributed by atoms with Gasteiger partial charge in [0.25, 0.3) is 0 Å². The van der Waals surface area contributed by atoms with Gasteiger partial charge in [-0.05, 0) is 106 Å². The van der Waals surface area contributed by atoms with E-state index in [1.165, 1.54) is 38.5 Å². The van der Waals surface area contributed by atoms with E-state index in [1.807, 2.05) is 0 Å². The third kappa shape index (κ3) is 4.27. The van der Waals surface area contributed by atoms with Crippen LogP contribution < -0.4 is 0 Å². The van der Waals surface area contributed by atoms with Gasteiger partial charge in [0.1, 0.15) is 6.61 Å². The van der Waals surface area contributed by atoms with Crippen LogP contribution in [0.1, 0.15) is 91.4 Å². The number of unbranched alkanes of at least 4 members (excludes halogenated alkanes) is 1. The van der Waals surface area contributed by atoms with E-state index in [0.717, 1.165) is 43.4 Å². The van der Waals surface area contributed by atoms with Crippen LogP contribution in [0.3, 0.4) is 0 Å². The van der Waals surface area contributed by atoms with Crippen LogP contribution in [0, 0.1) is 34.5 Å². The van der Waals surface area contributed by atoms with Crippen molar-refractivity contribution in [2.45, 2.75) is 97.5 Å². The summed E-state index contributed by atoms with van der Waals surface area (Å²) in [5.74, 6) is 3.01. The molecule has 0 amide bonds. The quantitative estimate of drug-likeness (QED) is 0.270. The third-order valence-corrected chi connectivity index (χ3v) is 10.0. The summed E-state index contributed by atoms with van der Waals surface area (Å²) in [6.07, 6.45) is 18.4. The molecule has 7 atom stereocenters. The standard InChI is InChI=1S/C29H44O3/c1-5-18-32-27(31)9-7-6-8-20(2)24-12-13-25-23-11-10-21-19-22(30)14-16-28(21,3)26(23)15-17-29(24,25)4/h5,8,10,22-26,30H,1,6-7,9,11-19H2,2-4H3/b20-8+/t22-,23?,24+,25?,26?,28-,29+/m0/s1. The molecule has 3 fully saturated rings. The van der Waals surface area contributed by atoms with Crippen LogP contribution in [-0.4, -0.2) is 23.8 Å². The summed E-state index contributed by atoms with van der Waals surface area (Å²) in [5.41, 5.74) is 3.86. The molecule has 0 radical (unpaired) electrons. The number of carbonyl (C=O) groups excluding carboxylic acids is 1. The van der Waals surface area contributed by atoms with Gasteiger partial charge < -0.3 is 9.84 Å². The fourth-order valence-corrected chi connectivity index (χ4v) is 8.33. The van der Waals surface area contributed by atoms with Gasteiger partial charge in [-0.2, -0.15) is 0 Å². The molecule has 0 aliphatic heterocycles. The normalized spacial score (nSPS) is 41.2. The highest BCUT2D eigenvalue weighted by Gasteiger charge is 2.58. The average Bonchev–Trinajstić information content (AvgIpc) is 3.13. The largest absolute Gasteiger partial charge is 0.461 e. The van der Waals surface area contributed by atoms with E-state index in [1.54, 1.807) is 17.2 Å². The Morgan fingerprint density at radius 3 is 2.81 bits per heavy atom. The Hall–Kier alpha value is -1.35. The maximum Gasteiger partial charge on any atom is 0.306 e. The first-order chi connectivity index (χ1) is 15.3. The number of hydrogen-bond acceptors (Lipinski definition) is 3. The Kier molecular flexibility index (Phi) is 7.05. The van der Waals surface area contributed by atoms with Crippen molar-refractivity contribution in [1.29, 1.82) is 0 Å². The summed E-state index contributed by atoms with van der Waals surface area (Å²) in [6.45, 7) is 11.3. The van der Waals surface area contributed by atoms with Gasteiger partial charge in [0, 0.05) is 6.42 Å². The first-order valence-corrected chi connectivity index (χ1v) is 13.1. The third-order valence-electron chi connectivity index (χ3n) is 10.0. The van der Waals surface area contributed by atoms with E-state index in [2.05, 4.69) is 39.5 Å². The van der Waals surface area contributed by atoms with Crippen LogP contribution >= 0.6 is 0 Å². The first kappa shape index (κ1) is 23.8. The lowest BCUT2D eigenvalue weighted by Crippen LogP contribution is -2.50. The molecule has 0 heterocycles. The van der Waals surface area contributed by atoms with E-state index in [0.29, 0.717) is 29.8 Å². The summed E-state index contributed by atoms with van der Waals surface area (Å²) < 4.78 is 5.09. The van der Waals surface area contributed by atoms with Gasteiger partial charge in [0.2, 0.25) is 0 Å². The van der Waals surface area contributed by atoms with Crippen molar-refractivity contribution < 1.29 is 14.6 Å². The molecular formula is C29H44O3. The molecule has 3 saturated carbocycles. The lowest BCUT2D eigenvalue weighted by Gasteiger charge is -2.58. The van der Waals surface area contributed by atoms with Crippen LogP contribution in [0.4, 0.5) is 0 Å². The maximum absolute atomic E-state index is 11.7. The Balaban J connectivity index is 1.40. The predicted octanol–water partition coefficient (Wildman–Crippen LogP) is 6.77. The molecular weight excluding hydrogens is 396 g/mol. The molecule has 4 aliphatic carbocycles. The van der Waals surface area contributed by atoms with Crippen LogP contribution in [0.2, 0.25) is 0 Å². The van der Waals surface area contributed by atoms with Gasteiger partial charge in [-0.15, -0.1) is 0 Å². The Labute approximate surface area is 195 Å². The Morgan fingerprint density at radius 2 is 2.03 bits per heavy atom. The highest BCUT2D eigenvalue weighted by Crippen LogP contribution is 2.67. The Morgan fingerprint density at radius 1 is 1.22 bits per heavy atom. The molecule has 4 rings (SSSR count). The second kappa shape index (κ2) is 9.49. The van der Waals surface area contributed by atoms with Crippen molar-refractivity contribution >= 4 is 5.97 Å². The van der Waals surface area contributed by atoms with Crippen molar-refractivity contribution in [2.24, 2.45) is 34.5 Å². The van der Waals surface area contributed by atoms with Gasteiger partial charge in [-0.1, -0.05) is 49.8 Å². The fraction of sp³-hybridized carbons (Fsp3) is 0.759. The number of hydrogen-bond donors (Lipinski definition) is 1. The number of rotatable bonds is 7. The molecule has 178 valence electrons. The van der Waals surface area contributed by atoms with E-state index in [4.69, 9.17) is 4.74 Å². The van der Waals surface area contributed by atoms with Crippen molar-refractivity contribution in [3.8, 4) is 0 Å². The van der Waals surface area contributed by atoms with Crippen molar-refractivity contribution in [3.05, 3.63) is 36.0 Å². The summed E-state index contributed by atoms with van der Waals surface area (Å²) in [7, 11) is 0. The SMILES string of the molecule is C=CCOC(=O)CCC/C=C(\C)[C@H]1CCC2C3CC=C4C[C@@H](O)CC[C@]4(C)C3CC[C@@]21C. The molecule has 0 bridgehead atoms. The first-order valence-electron chi connectivity index (χ1n) is 13.1. The van der Waals surface area contributed by atoms with Gasteiger partial charge >= 0.3 is 5.97 Å². The number of esters is 1. The minimum Gasteiger partial charge on any atom is -0.461 e. The monoisotopic (exact) mass is 440 g/mol. The molecule has 32 heavy (non-hydrogen) atoms. The maximum atomic E-state index is 11.7. The highest BCUT2D eigenvalue weighted by atomic mass is 16.5. The zero-order valence-electron chi connectivity index (χ0n) is 20.6. The fourth-order valence-electron chi connectivity index (χ4n) is 8.33. The zero-order chi connectivity index (χ0) is 22.9. The lowest BCUT2D eigenvalue weighted by molar-refractivity contribution is -0.142. The summed E-state index contributed by atoms with van der Waals surface area (Å²) >= 11 is 0. The predicted molar refractivity (Wildman–Crippen MR) is 130 cm³/mol. The molecule has 0 aromatic carbocycles. The number of aliphatic hydroxyl groups excluding tert-OH is 1. The highest BCUT2D eigenvalue weighted by molar-refractivity contribution is 5.69. The Bertz CT molecular complexity index is 779. The summed E-state index contributed by atoms with van der Waals surface area (Å²) in [6, 6.07) is 0. The molecule has 3 heteroatoms. The van der Waals surface area contributed by atoms with Crippen molar-refractivity contribution in [1.82, 2.24) is 0 Å². The second-order valence-electron chi connectivity index (χ2n) is 11.6. The minimum atomic E-state index is -0.118. The zero-order valence-corrected chi connectivity index (χ0v) is 20.6. The molecule has 0 aromatic rings. The van der Waals surface area contributed by atoms with Gasteiger partial charge in [0.15, 0.2) is 0 Å². The van der Waals surface area contributed by atoms with E-state index >= 15 is 0 Å².